The first-order valence-corrected chi connectivity index (χ1v) is 46.0. The Morgan fingerprint density at radius 1 is 0.548 bits per heavy atom. The van der Waals surface area contributed by atoms with Crippen molar-refractivity contribution in [2.75, 3.05) is 152 Å². The van der Waals surface area contributed by atoms with E-state index in [0.29, 0.717) is 176 Å². The molecule has 29 nitrogen and oxygen atoms in total. The maximum atomic E-state index is 14.2. The smallest absolute Gasteiger partial charge is 0.260 e. The number of rotatable bonds is 52. The van der Waals surface area contributed by atoms with Crippen molar-refractivity contribution in [2.45, 2.75) is 216 Å². The second-order valence-corrected chi connectivity index (χ2v) is 36.0. The van der Waals surface area contributed by atoms with Gasteiger partial charge in [0.2, 0.25) is 35.4 Å². The molecule has 0 spiro atoms. The fourth-order valence-electron chi connectivity index (χ4n) is 16.3. The highest BCUT2D eigenvalue weighted by Crippen LogP contribution is 2.49. The number of carbonyl (C=O) groups excluding carboxylic acids is 8. The van der Waals surface area contributed by atoms with Crippen molar-refractivity contribution in [3.63, 3.8) is 0 Å². The normalized spacial score (nSPS) is 20.5. The third-order valence-electron chi connectivity index (χ3n) is 23.5. The van der Waals surface area contributed by atoms with Gasteiger partial charge in [0, 0.05) is 86.2 Å². The largest absolute Gasteiger partial charge is 0.493 e. The van der Waals surface area contributed by atoms with Gasteiger partial charge in [-0.15, -0.1) is 11.8 Å². The van der Waals surface area contributed by atoms with E-state index in [9.17, 15) is 38.4 Å². The molecule has 4 N–H and O–H groups in total. The van der Waals surface area contributed by atoms with Crippen LogP contribution in [-0.4, -0.2) is 255 Å². The average Bonchev–Trinajstić information content (AvgIpc) is 1.62. The molecule has 3 aromatic rings. The van der Waals surface area contributed by atoms with Crippen molar-refractivity contribution in [1.82, 2.24) is 30.7 Å². The zero-order valence-electron chi connectivity index (χ0n) is 73.9. The summed E-state index contributed by atoms with van der Waals surface area (Å²) in [6, 6.07) is 11.9. The van der Waals surface area contributed by atoms with E-state index >= 15 is 0 Å². The number of methoxy groups -OCH3 is 2. The number of unbranched alkanes of at least 4 members (excludes halogenated alkanes) is 2. The number of nitrogens with zero attached hydrogens (tertiary/aromatic N) is 5. The second kappa shape index (κ2) is 50.1. The number of thioether (sulfide) groups is 1. The van der Waals surface area contributed by atoms with Crippen molar-refractivity contribution < 1.29 is 95.2 Å². The van der Waals surface area contributed by atoms with Gasteiger partial charge in [-0.05, 0) is 149 Å². The van der Waals surface area contributed by atoms with Gasteiger partial charge in [0.05, 0.1) is 173 Å². The standard InChI is InChI=1S/C94H133N9O20S/c1-64(2)88(100-86(105)30-35-114-37-39-116-41-43-118-45-47-120-49-50-121-48-46-119-44-42-117-40-38-115-36-31-95-85(104)29-32-101-87(106)58-84(93(101)111)124-94(4,5)59-66-19-15-12-10-8-9-11-13-16-20-69-51-70(69)22-21-66)90(108)98-65(3)89(107)99-73-27-25-68(26-28-73)72-53-75-61-97-79-57-83(81(113-7)55-77(79)92(110)103(75)63-72)123-34-18-14-17-33-122-82-56-78-76(54-80(82)112-6)91(109)102-62-71(67-23-24-67)52-74(102)60-96-78/h19,25-28,54-57,60-65,67,69-70,74-75,84,88H,8-18,20-24,29-53,58-59H2,1-7H3,(H,95,104)(H,98,108)(H,99,107)(H,100,105)/b66-19+/t65-,69?,70?,74?,75-,84?,88-/m1/s1. The number of likely N-dealkylation sites (tertiary alicyclic amines) is 1. The van der Waals surface area contributed by atoms with Gasteiger partial charge in [-0.2, -0.15) is 0 Å². The summed E-state index contributed by atoms with van der Waals surface area (Å²) in [5, 5.41) is 10.8. The molecule has 3 aliphatic carbocycles. The van der Waals surface area contributed by atoms with E-state index in [1.165, 1.54) is 100 Å². The minimum Gasteiger partial charge on any atom is -0.493 e. The van der Waals surface area contributed by atoms with Gasteiger partial charge in [-0.25, -0.2) is 0 Å². The minimum atomic E-state index is -0.936. The molecule has 680 valence electrons. The topological polar surface area (TPSA) is 330 Å². The third-order valence-corrected chi connectivity index (χ3v) is 25.0. The van der Waals surface area contributed by atoms with Crippen LogP contribution in [0.5, 0.6) is 23.0 Å². The average molecular weight is 1740 g/mol. The van der Waals surface area contributed by atoms with Crippen LogP contribution in [0.3, 0.4) is 0 Å². The highest BCUT2D eigenvalue weighted by atomic mass is 32.2. The summed E-state index contributed by atoms with van der Waals surface area (Å²) in [5.41, 5.74) is 7.01. The van der Waals surface area contributed by atoms with Gasteiger partial charge >= 0.3 is 0 Å². The van der Waals surface area contributed by atoms with E-state index in [1.54, 1.807) is 92.1 Å². The quantitative estimate of drug-likeness (QED) is 0.0232. The Balaban J connectivity index is 0.452. The number of benzene rings is 3. The SMILES string of the molecule is COc1cc2c(cc1OCCCCCOc1cc3c(cc1OC)C(=O)N1C=C(c4ccc(NC(=O)[C@@H](C)NC(=O)[C@H](NC(=O)CCOCCOCCOCCOCCOCCOCCOCCOCCNC(=O)CCN5C(=O)CC(SC(C)(C)C/C6=C/CCCCCCCCCC7CC7CC6)C5=O)C(C)C)cc4)C[C@@H]1C=N3)N=CC1CC(C3CC3)=CN1C2=O. The molecule has 0 bridgehead atoms. The molecule has 5 aliphatic heterocycles. The summed E-state index contributed by atoms with van der Waals surface area (Å²) < 4.78 is 68.3. The van der Waals surface area contributed by atoms with Crippen molar-refractivity contribution >= 4 is 94.1 Å². The third kappa shape index (κ3) is 30.3. The van der Waals surface area contributed by atoms with Gasteiger partial charge < -0.3 is 87.9 Å². The summed E-state index contributed by atoms with van der Waals surface area (Å²) in [7, 11) is 3.10. The Morgan fingerprint density at radius 3 is 1.65 bits per heavy atom. The van der Waals surface area contributed by atoms with E-state index in [4.69, 9.17) is 66.8 Å². The number of imide groups is 1. The maximum absolute atomic E-state index is 14.2. The fourth-order valence-corrected chi connectivity index (χ4v) is 17.8. The Hall–Kier alpha value is -8.59. The number of nitrogens with one attached hydrogen (secondary N) is 4. The number of allylic oxidation sites excluding steroid dienone is 2. The Kier molecular flexibility index (Phi) is 38.8. The lowest BCUT2D eigenvalue weighted by molar-refractivity contribution is -0.138. The number of fused-ring (bicyclic) bond motifs is 5. The van der Waals surface area contributed by atoms with Crippen LogP contribution in [-0.2, 0) is 66.7 Å². The van der Waals surface area contributed by atoms with Crippen molar-refractivity contribution in [1.29, 1.82) is 0 Å². The van der Waals surface area contributed by atoms with Crippen LogP contribution in [0.1, 0.15) is 209 Å². The first kappa shape index (κ1) is 96.1. The maximum Gasteiger partial charge on any atom is 0.260 e. The fraction of sp³-hybridized carbons (Fsp3) is 0.638. The number of amides is 8. The second-order valence-electron chi connectivity index (χ2n) is 34.1. The van der Waals surface area contributed by atoms with Crippen LogP contribution in [0.15, 0.2) is 88.1 Å². The molecule has 0 aromatic heterocycles. The van der Waals surface area contributed by atoms with Crippen LogP contribution in [0.2, 0.25) is 0 Å². The molecule has 2 saturated carbocycles. The molecule has 7 atom stereocenters. The van der Waals surface area contributed by atoms with E-state index in [-0.39, 0.29) is 97.2 Å². The molecular formula is C94H133N9O20S. The van der Waals surface area contributed by atoms with E-state index in [1.807, 2.05) is 30.7 Å². The number of hydrogen-bond acceptors (Lipinski definition) is 23. The van der Waals surface area contributed by atoms with Gasteiger partial charge in [-0.3, -0.25) is 53.2 Å². The first-order chi connectivity index (χ1) is 60.2. The number of ether oxygens (including phenoxy) is 12. The Labute approximate surface area is 735 Å². The zero-order valence-corrected chi connectivity index (χ0v) is 74.7. The summed E-state index contributed by atoms with van der Waals surface area (Å²) in [6.45, 7) is 16.5. The van der Waals surface area contributed by atoms with E-state index in [2.05, 4.69) is 41.2 Å². The van der Waals surface area contributed by atoms with Crippen LogP contribution in [0.4, 0.5) is 17.1 Å². The van der Waals surface area contributed by atoms with Crippen LogP contribution in [0, 0.1) is 23.7 Å². The molecular weight excluding hydrogens is 1610 g/mol. The molecule has 1 saturated heterocycles. The number of aliphatic imine (C=N–C) groups is 2. The molecule has 8 aliphatic rings. The van der Waals surface area contributed by atoms with Crippen LogP contribution in [0.25, 0.3) is 5.57 Å². The lowest BCUT2D eigenvalue weighted by atomic mass is 9.95. The van der Waals surface area contributed by atoms with E-state index < -0.39 is 29.1 Å². The minimum absolute atomic E-state index is 0.0168. The molecule has 11 rings (SSSR count). The predicted octanol–water partition coefficient (Wildman–Crippen LogP) is 13.0. The van der Waals surface area contributed by atoms with Crippen LogP contribution < -0.4 is 40.2 Å². The molecule has 3 fully saturated rings. The van der Waals surface area contributed by atoms with Gasteiger partial charge in [-0.1, -0.05) is 96.4 Å². The molecule has 30 heteroatoms. The zero-order chi connectivity index (χ0) is 87.6. The van der Waals surface area contributed by atoms with Crippen molar-refractivity contribution in [3.05, 3.63) is 94.8 Å². The van der Waals surface area contributed by atoms with Gasteiger partial charge in [0.25, 0.3) is 11.8 Å². The number of hydrogen-bond donors (Lipinski definition) is 4. The lowest BCUT2D eigenvalue weighted by Gasteiger charge is -2.28. The van der Waals surface area contributed by atoms with Gasteiger partial charge in [0.15, 0.2) is 23.0 Å². The molecule has 5 heterocycles. The summed E-state index contributed by atoms with van der Waals surface area (Å²) in [6.07, 6.45) is 32.8. The number of carbonyl (C=O) groups is 8. The lowest BCUT2D eigenvalue weighted by Crippen LogP contribution is -2.53. The van der Waals surface area contributed by atoms with Crippen molar-refractivity contribution in [3.8, 4) is 23.0 Å². The highest BCUT2D eigenvalue weighted by molar-refractivity contribution is 8.02. The monoisotopic (exact) mass is 1740 g/mol. The molecule has 3 aromatic carbocycles. The molecule has 124 heavy (non-hydrogen) atoms. The molecule has 0 radical (unpaired) electrons. The van der Waals surface area contributed by atoms with Gasteiger partial charge in [0.1, 0.15) is 12.1 Å². The molecule has 4 unspecified atom stereocenters. The van der Waals surface area contributed by atoms with Crippen LogP contribution >= 0.6 is 11.8 Å². The summed E-state index contributed by atoms with van der Waals surface area (Å²) in [5.74, 6) is 1.74. The van der Waals surface area contributed by atoms with E-state index in [0.717, 1.165) is 67.9 Å². The number of anilines is 1. The summed E-state index contributed by atoms with van der Waals surface area (Å²) >= 11 is 1.62. The molecule has 8 amide bonds. The van der Waals surface area contributed by atoms with Crippen molar-refractivity contribution in [2.24, 2.45) is 33.7 Å². The Bertz CT molecular complexity index is 4190. The first-order valence-electron chi connectivity index (χ1n) is 45.2. The summed E-state index contributed by atoms with van der Waals surface area (Å²) in [4.78, 5) is 121. The Morgan fingerprint density at radius 2 is 1.08 bits per heavy atom. The predicted molar refractivity (Wildman–Crippen MR) is 475 cm³/mol. The highest BCUT2D eigenvalue weighted by Gasteiger charge is 2.44.